The Morgan fingerprint density at radius 1 is 1.00 bits per heavy atom. The Labute approximate surface area is 211 Å². The van der Waals surface area contributed by atoms with Gasteiger partial charge in [-0.05, 0) is 68.8 Å². The smallest absolute Gasteiger partial charge is 0.264 e. The quantitative estimate of drug-likeness (QED) is 0.513. The number of ether oxygens (including phenoxy) is 3. The average molecular weight is 511 g/mol. The highest BCUT2D eigenvalue weighted by atomic mass is 32.2. The number of sulfonamides is 1. The Bertz CT molecular complexity index is 1370. The molecule has 1 heterocycles. The lowest BCUT2D eigenvalue weighted by molar-refractivity contribution is -0.128. The second-order valence-electron chi connectivity index (χ2n) is 8.77. The Balaban J connectivity index is 1.64. The third-order valence-electron chi connectivity index (χ3n) is 6.15. The third-order valence-corrected chi connectivity index (χ3v) is 7.94. The highest BCUT2D eigenvalue weighted by Gasteiger charge is 2.38. The van der Waals surface area contributed by atoms with Crippen molar-refractivity contribution in [2.24, 2.45) is 0 Å². The summed E-state index contributed by atoms with van der Waals surface area (Å²) in [5, 5.41) is 2.93. The molecule has 4 rings (SSSR count). The van der Waals surface area contributed by atoms with Crippen molar-refractivity contribution in [2.45, 2.75) is 37.8 Å². The van der Waals surface area contributed by atoms with Gasteiger partial charge < -0.3 is 19.5 Å². The molecule has 0 aliphatic carbocycles. The zero-order valence-electron chi connectivity index (χ0n) is 20.9. The van der Waals surface area contributed by atoms with Gasteiger partial charge in [0.05, 0.1) is 37.4 Å². The molecule has 0 fully saturated rings. The molecule has 0 aromatic heterocycles. The molecular weight excluding hydrogens is 480 g/mol. The van der Waals surface area contributed by atoms with Crippen LogP contribution in [0.4, 0.5) is 5.69 Å². The second-order valence-corrected chi connectivity index (χ2v) is 10.6. The van der Waals surface area contributed by atoms with Gasteiger partial charge in [0.2, 0.25) is 0 Å². The molecule has 1 aliphatic heterocycles. The van der Waals surface area contributed by atoms with Gasteiger partial charge in [0.1, 0.15) is 17.2 Å². The summed E-state index contributed by atoms with van der Waals surface area (Å²) in [7, 11) is -0.824. The van der Waals surface area contributed by atoms with Crippen molar-refractivity contribution in [3.63, 3.8) is 0 Å². The fraction of sp³-hybridized carbons (Fsp3) is 0.296. The van der Waals surface area contributed by atoms with Crippen molar-refractivity contribution in [3.05, 3.63) is 77.4 Å². The molecule has 3 aromatic carbocycles. The minimum atomic E-state index is -3.94. The summed E-state index contributed by atoms with van der Waals surface area (Å²) in [4.78, 5) is 13.5. The van der Waals surface area contributed by atoms with Gasteiger partial charge in [0.15, 0.2) is 6.10 Å². The van der Waals surface area contributed by atoms with Crippen molar-refractivity contribution in [3.8, 4) is 17.2 Å². The summed E-state index contributed by atoms with van der Waals surface area (Å²) in [5.41, 5.74) is 2.96. The van der Waals surface area contributed by atoms with Crippen LogP contribution in [0.15, 0.2) is 65.6 Å². The number of methoxy groups -OCH3 is 2. The molecule has 2 atom stereocenters. The average Bonchev–Trinajstić information content (AvgIpc) is 2.87. The number of carbonyl (C=O) groups excluding carboxylic acids is 1. The molecule has 0 radical (unpaired) electrons. The molecule has 3 aromatic rings. The van der Waals surface area contributed by atoms with Gasteiger partial charge in [0, 0.05) is 5.56 Å². The van der Waals surface area contributed by atoms with Crippen molar-refractivity contribution in [1.29, 1.82) is 0 Å². The monoisotopic (exact) mass is 510 g/mol. The minimum absolute atomic E-state index is 0.149. The molecule has 8 nitrogen and oxygen atoms in total. The van der Waals surface area contributed by atoms with Gasteiger partial charge >= 0.3 is 0 Å². The number of anilines is 1. The van der Waals surface area contributed by atoms with Crippen LogP contribution in [0.5, 0.6) is 17.2 Å². The summed E-state index contributed by atoms with van der Waals surface area (Å²) in [6.45, 7) is 5.41. The molecule has 0 bridgehead atoms. The summed E-state index contributed by atoms with van der Waals surface area (Å²) in [5.74, 6) is 1.11. The Hall–Kier alpha value is -3.72. The van der Waals surface area contributed by atoms with Gasteiger partial charge in [-0.1, -0.05) is 23.8 Å². The lowest BCUT2D eigenvalue weighted by Gasteiger charge is -2.35. The van der Waals surface area contributed by atoms with Crippen molar-refractivity contribution in [1.82, 2.24) is 5.32 Å². The predicted octanol–water partition coefficient (Wildman–Crippen LogP) is 4.15. The van der Waals surface area contributed by atoms with Crippen molar-refractivity contribution < 1.29 is 27.4 Å². The van der Waals surface area contributed by atoms with E-state index in [2.05, 4.69) is 5.32 Å². The van der Waals surface area contributed by atoms with E-state index in [4.69, 9.17) is 14.2 Å². The van der Waals surface area contributed by atoms with Crippen LogP contribution in [0.3, 0.4) is 0 Å². The Kier molecular flexibility index (Phi) is 7.12. The fourth-order valence-electron chi connectivity index (χ4n) is 4.12. The van der Waals surface area contributed by atoms with Gasteiger partial charge in [-0.25, -0.2) is 8.42 Å². The standard InChI is InChI=1S/C27H30N2O6S/c1-17-6-10-21(11-7-17)36(31,32)29-16-26(35-25-12-8-18(2)14-23(25)29)27(30)28-19(3)22-15-20(33-4)9-13-24(22)34-5/h6-15,19,26H,16H2,1-5H3,(H,28,30)/t19-,26+/m0/s1. The molecule has 1 aliphatic rings. The van der Waals surface area contributed by atoms with Crippen LogP contribution in [0, 0.1) is 13.8 Å². The number of rotatable bonds is 7. The number of benzene rings is 3. The summed E-state index contributed by atoms with van der Waals surface area (Å²) in [6.07, 6.45) is -1.06. The van der Waals surface area contributed by atoms with Gasteiger partial charge in [-0.2, -0.15) is 0 Å². The van der Waals surface area contributed by atoms with E-state index in [-0.39, 0.29) is 11.4 Å². The summed E-state index contributed by atoms with van der Waals surface area (Å²) >= 11 is 0. The maximum Gasteiger partial charge on any atom is 0.264 e. The first-order valence-corrected chi connectivity index (χ1v) is 13.0. The van der Waals surface area contributed by atoms with Crippen molar-refractivity contribution >= 4 is 21.6 Å². The molecule has 0 unspecified atom stereocenters. The van der Waals surface area contributed by atoms with Crippen LogP contribution >= 0.6 is 0 Å². The number of hydrogen-bond donors (Lipinski definition) is 1. The Morgan fingerprint density at radius 2 is 1.69 bits per heavy atom. The van der Waals surface area contributed by atoms with Crippen LogP contribution in [0.25, 0.3) is 0 Å². The number of nitrogens with zero attached hydrogens (tertiary/aromatic N) is 1. The molecular formula is C27H30N2O6S. The molecule has 0 saturated heterocycles. The zero-order valence-corrected chi connectivity index (χ0v) is 21.8. The van der Waals surface area contributed by atoms with E-state index >= 15 is 0 Å². The van der Waals surface area contributed by atoms with E-state index in [9.17, 15) is 13.2 Å². The van der Waals surface area contributed by atoms with Crippen LogP contribution in [0.1, 0.15) is 29.7 Å². The molecule has 36 heavy (non-hydrogen) atoms. The van der Waals surface area contributed by atoms with Crippen LogP contribution in [0.2, 0.25) is 0 Å². The van der Waals surface area contributed by atoms with Crippen LogP contribution < -0.4 is 23.8 Å². The number of fused-ring (bicyclic) bond motifs is 1. The second kappa shape index (κ2) is 10.1. The predicted molar refractivity (Wildman–Crippen MR) is 137 cm³/mol. The van der Waals surface area contributed by atoms with E-state index in [1.165, 1.54) is 4.31 Å². The first-order chi connectivity index (χ1) is 17.1. The maximum atomic E-state index is 13.6. The van der Waals surface area contributed by atoms with Crippen molar-refractivity contribution in [2.75, 3.05) is 25.1 Å². The molecule has 190 valence electrons. The topological polar surface area (TPSA) is 94.2 Å². The van der Waals surface area contributed by atoms with E-state index in [0.717, 1.165) is 16.7 Å². The minimum Gasteiger partial charge on any atom is -0.497 e. The molecule has 9 heteroatoms. The number of nitrogens with one attached hydrogen (secondary N) is 1. The molecule has 1 amide bonds. The number of carbonyl (C=O) groups is 1. The first kappa shape index (κ1) is 25.4. The third kappa shape index (κ3) is 4.97. The highest BCUT2D eigenvalue weighted by molar-refractivity contribution is 7.92. The molecule has 1 N–H and O–H groups in total. The normalized spacial score (nSPS) is 15.9. The first-order valence-electron chi connectivity index (χ1n) is 11.5. The SMILES string of the molecule is COc1ccc(OC)c([C@H](C)NC(=O)[C@H]2CN(S(=O)(=O)c3ccc(C)cc3)c3cc(C)ccc3O2)c1. The van der Waals surface area contributed by atoms with E-state index in [0.29, 0.717) is 22.9 Å². The maximum absolute atomic E-state index is 13.6. The zero-order chi connectivity index (χ0) is 26.0. The lowest BCUT2D eigenvalue weighted by atomic mass is 10.1. The van der Waals surface area contributed by atoms with Gasteiger partial charge in [0.25, 0.3) is 15.9 Å². The summed E-state index contributed by atoms with van der Waals surface area (Å²) in [6, 6.07) is 16.8. The number of amides is 1. The molecule has 0 spiro atoms. The van der Waals surface area contributed by atoms with E-state index in [1.807, 2.05) is 26.8 Å². The summed E-state index contributed by atoms with van der Waals surface area (Å²) < 4.78 is 45.3. The number of aryl methyl sites for hydroxylation is 2. The van der Waals surface area contributed by atoms with E-state index in [1.54, 1.807) is 68.8 Å². The fourth-order valence-corrected chi connectivity index (χ4v) is 5.59. The largest absolute Gasteiger partial charge is 0.497 e. The lowest BCUT2D eigenvalue weighted by Crippen LogP contribution is -2.51. The van der Waals surface area contributed by atoms with Gasteiger partial charge in [-0.15, -0.1) is 0 Å². The van der Waals surface area contributed by atoms with E-state index < -0.39 is 28.1 Å². The molecule has 0 saturated carbocycles. The number of hydrogen-bond acceptors (Lipinski definition) is 6. The van der Waals surface area contributed by atoms with Crippen LogP contribution in [-0.4, -0.2) is 41.2 Å². The Morgan fingerprint density at radius 3 is 2.36 bits per heavy atom. The highest BCUT2D eigenvalue weighted by Crippen LogP contribution is 2.38. The van der Waals surface area contributed by atoms with Gasteiger partial charge in [-0.3, -0.25) is 9.10 Å². The van der Waals surface area contributed by atoms with Crippen LogP contribution in [-0.2, 0) is 14.8 Å².